The Morgan fingerprint density at radius 2 is 1.65 bits per heavy atom. The molecule has 1 heterocycles. The van der Waals surface area contributed by atoms with Gasteiger partial charge >= 0.3 is 12.0 Å². The van der Waals surface area contributed by atoms with Crippen molar-refractivity contribution in [1.29, 1.82) is 0 Å². The largest absolute Gasteiger partial charge is 0.422 e. The van der Waals surface area contributed by atoms with Crippen LogP contribution >= 0.6 is 31.9 Å². The molecule has 0 radical (unpaired) electrons. The van der Waals surface area contributed by atoms with Gasteiger partial charge in [-0.3, -0.25) is 14.9 Å². The van der Waals surface area contributed by atoms with E-state index in [4.69, 9.17) is 4.74 Å². The van der Waals surface area contributed by atoms with Crippen LogP contribution in [0, 0.1) is 6.92 Å². The van der Waals surface area contributed by atoms with E-state index >= 15 is 0 Å². The van der Waals surface area contributed by atoms with Gasteiger partial charge in [0, 0.05) is 14.5 Å². The van der Waals surface area contributed by atoms with Crippen LogP contribution in [0.15, 0.2) is 81.2 Å². The van der Waals surface area contributed by atoms with E-state index in [9.17, 15) is 19.2 Å². The Balaban J connectivity index is 1.71. The number of carbonyl (C=O) groups is 4. The van der Waals surface area contributed by atoms with E-state index in [1.807, 2.05) is 13.0 Å². The summed E-state index contributed by atoms with van der Waals surface area (Å²) in [6, 6.07) is 17.4. The molecule has 0 unspecified atom stereocenters. The number of ether oxygens (including phenoxy) is 1. The summed E-state index contributed by atoms with van der Waals surface area (Å²) < 4.78 is 6.97. The zero-order chi connectivity index (χ0) is 24.4. The van der Waals surface area contributed by atoms with E-state index in [1.54, 1.807) is 60.7 Å². The van der Waals surface area contributed by atoms with Crippen LogP contribution in [0.3, 0.4) is 0 Å². The molecule has 7 nitrogen and oxygen atoms in total. The van der Waals surface area contributed by atoms with E-state index in [0.717, 1.165) is 14.9 Å². The summed E-state index contributed by atoms with van der Waals surface area (Å²) in [5.41, 5.74) is 1.58. The van der Waals surface area contributed by atoms with E-state index < -0.39 is 23.8 Å². The van der Waals surface area contributed by atoms with Gasteiger partial charge in [0.1, 0.15) is 11.3 Å². The Labute approximate surface area is 211 Å². The standard InChI is InChI=1S/C25H16Br2N2O5/c1-14-3-2-4-15(11-14)24(32)34-21-10-7-18(27)12-16(21)13-20-22(30)28-25(33)29(23(20)31)19-8-5-17(26)6-9-19/h2-13H,1H3,(H,28,30,33)/b20-13-. The van der Waals surface area contributed by atoms with Crippen molar-refractivity contribution in [3.63, 3.8) is 0 Å². The summed E-state index contributed by atoms with van der Waals surface area (Å²) in [6.45, 7) is 1.86. The highest BCUT2D eigenvalue weighted by Crippen LogP contribution is 2.29. The lowest BCUT2D eigenvalue weighted by Crippen LogP contribution is -2.54. The fourth-order valence-corrected chi connectivity index (χ4v) is 3.94. The normalized spacial score (nSPS) is 14.9. The van der Waals surface area contributed by atoms with Gasteiger partial charge in [-0.15, -0.1) is 0 Å². The fraction of sp³-hybridized carbons (Fsp3) is 0.0400. The van der Waals surface area contributed by atoms with Crippen molar-refractivity contribution in [1.82, 2.24) is 5.32 Å². The molecule has 3 aromatic rings. The first kappa shape index (κ1) is 23.6. The Kier molecular flexibility index (Phi) is 6.76. The number of nitrogens with one attached hydrogen (secondary N) is 1. The highest BCUT2D eigenvalue weighted by atomic mass is 79.9. The number of carbonyl (C=O) groups excluding carboxylic acids is 4. The van der Waals surface area contributed by atoms with Crippen molar-refractivity contribution in [2.24, 2.45) is 0 Å². The lowest BCUT2D eigenvalue weighted by molar-refractivity contribution is -0.122. The molecule has 0 bridgehead atoms. The highest BCUT2D eigenvalue weighted by molar-refractivity contribution is 9.10. The van der Waals surface area contributed by atoms with E-state index in [-0.39, 0.29) is 11.3 Å². The van der Waals surface area contributed by atoms with Crippen molar-refractivity contribution >= 4 is 67.4 Å². The summed E-state index contributed by atoms with van der Waals surface area (Å²) in [5, 5.41) is 2.18. The maximum absolute atomic E-state index is 13.2. The van der Waals surface area contributed by atoms with Crippen LogP contribution in [0.1, 0.15) is 21.5 Å². The second kappa shape index (κ2) is 9.74. The Morgan fingerprint density at radius 3 is 2.35 bits per heavy atom. The van der Waals surface area contributed by atoms with Gasteiger partial charge in [-0.1, -0.05) is 49.6 Å². The Bertz CT molecular complexity index is 1370. The van der Waals surface area contributed by atoms with Gasteiger partial charge in [-0.05, 0) is 67.6 Å². The molecule has 1 fully saturated rings. The monoisotopic (exact) mass is 582 g/mol. The molecule has 0 spiro atoms. The third kappa shape index (κ3) is 5.00. The molecule has 9 heteroatoms. The van der Waals surface area contributed by atoms with Crippen LogP contribution in [0.5, 0.6) is 5.75 Å². The second-order valence-corrected chi connectivity index (χ2v) is 9.21. The minimum Gasteiger partial charge on any atom is -0.422 e. The first-order valence-corrected chi connectivity index (χ1v) is 11.6. The summed E-state index contributed by atoms with van der Waals surface area (Å²) in [6.07, 6.45) is 1.29. The number of nitrogens with zero attached hydrogens (tertiary/aromatic N) is 1. The average molecular weight is 584 g/mol. The number of barbiturate groups is 1. The number of halogens is 2. The maximum atomic E-state index is 13.2. The number of anilines is 1. The molecule has 170 valence electrons. The van der Waals surface area contributed by atoms with Gasteiger partial charge in [0.15, 0.2) is 0 Å². The van der Waals surface area contributed by atoms with Gasteiger partial charge in [0.2, 0.25) is 0 Å². The summed E-state index contributed by atoms with van der Waals surface area (Å²) in [4.78, 5) is 51.7. The average Bonchev–Trinajstić information content (AvgIpc) is 2.79. The predicted molar refractivity (Wildman–Crippen MR) is 133 cm³/mol. The van der Waals surface area contributed by atoms with Crippen LogP contribution in [-0.2, 0) is 9.59 Å². The van der Waals surface area contributed by atoms with Crippen LogP contribution in [0.2, 0.25) is 0 Å². The summed E-state index contributed by atoms with van der Waals surface area (Å²) in [7, 11) is 0. The zero-order valence-electron chi connectivity index (χ0n) is 17.7. The predicted octanol–water partition coefficient (Wildman–Crippen LogP) is 5.41. The quantitative estimate of drug-likeness (QED) is 0.192. The first-order chi connectivity index (χ1) is 16.2. The number of hydrogen-bond acceptors (Lipinski definition) is 5. The van der Waals surface area contributed by atoms with Crippen LogP contribution in [-0.4, -0.2) is 23.8 Å². The Morgan fingerprint density at radius 1 is 0.941 bits per heavy atom. The molecule has 1 N–H and O–H groups in total. The van der Waals surface area contributed by atoms with E-state index in [2.05, 4.69) is 37.2 Å². The molecule has 34 heavy (non-hydrogen) atoms. The van der Waals surface area contributed by atoms with Gasteiger partial charge in [-0.25, -0.2) is 14.5 Å². The van der Waals surface area contributed by atoms with Crippen molar-refractivity contribution in [3.8, 4) is 5.75 Å². The van der Waals surface area contributed by atoms with Crippen molar-refractivity contribution in [3.05, 3.63) is 97.9 Å². The second-order valence-electron chi connectivity index (χ2n) is 7.38. The third-order valence-electron chi connectivity index (χ3n) is 4.91. The van der Waals surface area contributed by atoms with Gasteiger partial charge < -0.3 is 4.74 Å². The number of benzene rings is 3. The number of imide groups is 2. The highest BCUT2D eigenvalue weighted by Gasteiger charge is 2.37. The van der Waals surface area contributed by atoms with Crippen LogP contribution in [0.25, 0.3) is 6.08 Å². The molecule has 0 atom stereocenters. The lowest BCUT2D eigenvalue weighted by Gasteiger charge is -2.26. The number of urea groups is 1. The fourth-order valence-electron chi connectivity index (χ4n) is 3.29. The zero-order valence-corrected chi connectivity index (χ0v) is 20.8. The molecule has 1 aliphatic rings. The molecular formula is C25H16Br2N2O5. The number of esters is 1. The third-order valence-corrected chi connectivity index (χ3v) is 5.94. The van der Waals surface area contributed by atoms with Gasteiger partial charge in [0.25, 0.3) is 11.8 Å². The molecule has 3 aromatic carbocycles. The smallest absolute Gasteiger partial charge is 0.343 e. The van der Waals surface area contributed by atoms with Crippen molar-refractivity contribution in [2.75, 3.05) is 4.90 Å². The number of amides is 4. The topological polar surface area (TPSA) is 92.8 Å². The number of rotatable bonds is 4. The molecule has 0 aliphatic carbocycles. The van der Waals surface area contributed by atoms with Gasteiger partial charge in [0.05, 0.1) is 11.3 Å². The molecule has 1 saturated heterocycles. The minimum absolute atomic E-state index is 0.148. The van der Waals surface area contributed by atoms with Crippen LogP contribution in [0.4, 0.5) is 10.5 Å². The molecule has 0 saturated carbocycles. The SMILES string of the molecule is Cc1cccc(C(=O)Oc2ccc(Br)cc2/C=C2/C(=O)NC(=O)N(c3ccc(Br)cc3)C2=O)c1. The summed E-state index contributed by atoms with van der Waals surface area (Å²) >= 11 is 6.66. The van der Waals surface area contributed by atoms with E-state index in [1.165, 1.54) is 6.08 Å². The Hall–Kier alpha value is -3.56. The first-order valence-electron chi connectivity index (χ1n) is 9.98. The molecule has 1 aliphatic heterocycles. The number of aryl methyl sites for hydroxylation is 1. The number of hydrogen-bond donors (Lipinski definition) is 1. The molecule has 4 amide bonds. The van der Waals surface area contributed by atoms with Crippen LogP contribution < -0.4 is 15.0 Å². The molecule has 4 rings (SSSR count). The maximum Gasteiger partial charge on any atom is 0.343 e. The summed E-state index contributed by atoms with van der Waals surface area (Å²) in [5.74, 6) is -2.09. The van der Waals surface area contributed by atoms with E-state index in [0.29, 0.717) is 21.3 Å². The van der Waals surface area contributed by atoms with Gasteiger partial charge in [-0.2, -0.15) is 0 Å². The molecule has 0 aromatic heterocycles. The van der Waals surface area contributed by atoms with Crippen molar-refractivity contribution in [2.45, 2.75) is 6.92 Å². The van der Waals surface area contributed by atoms with Crippen molar-refractivity contribution < 1.29 is 23.9 Å². The minimum atomic E-state index is -0.852. The lowest BCUT2D eigenvalue weighted by atomic mass is 10.1. The molecular weight excluding hydrogens is 568 g/mol.